The smallest absolute Gasteiger partial charge is 0.138 e. The number of aromatic nitrogens is 2. The largest absolute Gasteiger partial charge is 0.342 e. The van der Waals surface area contributed by atoms with Gasteiger partial charge >= 0.3 is 0 Å². The molecule has 2 aromatic heterocycles. The van der Waals surface area contributed by atoms with E-state index in [1.54, 1.807) is 6.20 Å². The molecule has 84 valence electrons. The van der Waals surface area contributed by atoms with Crippen LogP contribution < -0.4 is 5.32 Å². The minimum absolute atomic E-state index is 0.430. The summed E-state index contributed by atoms with van der Waals surface area (Å²) in [4.78, 5) is 7.64. The highest BCUT2D eigenvalue weighted by Crippen LogP contribution is 2.28. The van der Waals surface area contributed by atoms with Crippen LogP contribution in [0.25, 0.3) is 11.0 Å². The van der Waals surface area contributed by atoms with Gasteiger partial charge in [-0.25, -0.2) is 4.98 Å². The zero-order valence-electron chi connectivity index (χ0n) is 8.96. The second-order valence-corrected chi connectivity index (χ2v) is 4.69. The van der Waals surface area contributed by atoms with E-state index < -0.39 is 0 Å². The fraction of sp³-hybridized carbons (Fsp3) is 0.417. The van der Waals surface area contributed by atoms with Gasteiger partial charge < -0.3 is 10.3 Å². The number of H-pyrrole nitrogens is 1. The van der Waals surface area contributed by atoms with Gasteiger partial charge in [0.25, 0.3) is 0 Å². The van der Waals surface area contributed by atoms with Crippen LogP contribution in [-0.2, 0) is 0 Å². The summed E-state index contributed by atoms with van der Waals surface area (Å²) in [5, 5.41) is 5.30. The van der Waals surface area contributed by atoms with E-state index in [0.29, 0.717) is 6.04 Å². The lowest BCUT2D eigenvalue weighted by molar-refractivity contribution is 0.407. The topological polar surface area (TPSA) is 40.7 Å². The third-order valence-electron chi connectivity index (χ3n) is 3.19. The Balaban J connectivity index is 2.01. The van der Waals surface area contributed by atoms with Gasteiger partial charge in [-0.15, -0.1) is 0 Å². The molecule has 1 aliphatic rings. The van der Waals surface area contributed by atoms with E-state index in [1.165, 1.54) is 25.0 Å². The highest BCUT2D eigenvalue weighted by molar-refractivity contribution is 6.35. The van der Waals surface area contributed by atoms with Crippen LogP contribution in [0.3, 0.4) is 0 Å². The molecule has 0 saturated carbocycles. The molecule has 0 amide bonds. The lowest BCUT2D eigenvalue weighted by Gasteiger charge is -2.22. The zero-order chi connectivity index (χ0) is 11.0. The predicted molar refractivity (Wildman–Crippen MR) is 65.7 cm³/mol. The van der Waals surface area contributed by atoms with Crippen LogP contribution in [0.5, 0.6) is 0 Å². The number of pyridine rings is 1. The molecular formula is C12H14ClN3. The first kappa shape index (κ1) is 10.1. The van der Waals surface area contributed by atoms with Gasteiger partial charge in [0.1, 0.15) is 5.65 Å². The molecular weight excluding hydrogens is 222 g/mol. The summed E-state index contributed by atoms with van der Waals surface area (Å²) in [7, 11) is 0. The number of hydrogen-bond donors (Lipinski definition) is 2. The first-order valence-corrected chi connectivity index (χ1v) is 6.09. The van der Waals surface area contributed by atoms with E-state index in [9.17, 15) is 0 Å². The van der Waals surface area contributed by atoms with Gasteiger partial charge in [0.15, 0.2) is 0 Å². The second kappa shape index (κ2) is 4.07. The van der Waals surface area contributed by atoms with Crippen molar-refractivity contribution in [1.29, 1.82) is 0 Å². The van der Waals surface area contributed by atoms with Crippen molar-refractivity contribution in [2.45, 2.75) is 25.3 Å². The SMILES string of the molecule is Clc1ccnc2[nH]c(C3CCCCN3)cc12. The molecule has 0 aliphatic carbocycles. The molecule has 1 fully saturated rings. The summed E-state index contributed by atoms with van der Waals surface area (Å²) >= 11 is 6.13. The molecule has 2 N–H and O–H groups in total. The van der Waals surface area contributed by atoms with Gasteiger partial charge in [-0.3, -0.25) is 0 Å². The Morgan fingerprint density at radius 3 is 3.06 bits per heavy atom. The molecule has 0 bridgehead atoms. The summed E-state index contributed by atoms with van der Waals surface area (Å²) < 4.78 is 0. The van der Waals surface area contributed by atoms with E-state index in [-0.39, 0.29) is 0 Å². The fourth-order valence-corrected chi connectivity index (χ4v) is 2.52. The van der Waals surface area contributed by atoms with E-state index in [1.807, 2.05) is 6.07 Å². The van der Waals surface area contributed by atoms with Gasteiger partial charge in [0.05, 0.1) is 5.02 Å². The number of rotatable bonds is 1. The predicted octanol–water partition coefficient (Wildman–Crippen LogP) is 3.03. The summed E-state index contributed by atoms with van der Waals surface area (Å²) in [6, 6.07) is 4.38. The number of halogens is 1. The molecule has 3 heterocycles. The molecule has 0 aromatic carbocycles. The van der Waals surface area contributed by atoms with Gasteiger partial charge in [-0.1, -0.05) is 18.0 Å². The lowest BCUT2D eigenvalue weighted by atomic mass is 10.0. The highest BCUT2D eigenvalue weighted by Gasteiger charge is 2.17. The van der Waals surface area contributed by atoms with Crippen molar-refractivity contribution in [2.24, 2.45) is 0 Å². The van der Waals surface area contributed by atoms with Crippen molar-refractivity contribution in [3.05, 3.63) is 29.0 Å². The maximum Gasteiger partial charge on any atom is 0.138 e. The summed E-state index contributed by atoms with van der Waals surface area (Å²) in [6.07, 6.45) is 5.48. The molecule has 4 heteroatoms. The molecule has 1 atom stereocenters. The number of hydrogen-bond acceptors (Lipinski definition) is 2. The average molecular weight is 236 g/mol. The van der Waals surface area contributed by atoms with E-state index in [2.05, 4.69) is 21.4 Å². The maximum atomic E-state index is 6.13. The number of fused-ring (bicyclic) bond motifs is 1. The normalized spacial score (nSPS) is 21.4. The third kappa shape index (κ3) is 1.70. The van der Waals surface area contributed by atoms with Gasteiger partial charge in [-0.2, -0.15) is 0 Å². The Bertz CT molecular complexity index is 500. The monoisotopic (exact) mass is 235 g/mol. The molecule has 1 unspecified atom stereocenters. The average Bonchev–Trinajstić information content (AvgIpc) is 2.76. The Kier molecular flexibility index (Phi) is 2.58. The van der Waals surface area contributed by atoms with Crippen molar-refractivity contribution in [3.63, 3.8) is 0 Å². The van der Waals surface area contributed by atoms with Crippen molar-refractivity contribution in [2.75, 3.05) is 6.54 Å². The van der Waals surface area contributed by atoms with Crippen LogP contribution in [-0.4, -0.2) is 16.5 Å². The van der Waals surface area contributed by atoms with Crippen LogP contribution in [0, 0.1) is 0 Å². The summed E-state index contributed by atoms with van der Waals surface area (Å²) in [5.41, 5.74) is 2.09. The van der Waals surface area contributed by atoms with Crippen LogP contribution >= 0.6 is 11.6 Å². The first-order valence-electron chi connectivity index (χ1n) is 5.71. The van der Waals surface area contributed by atoms with E-state index in [0.717, 1.165) is 22.6 Å². The Morgan fingerprint density at radius 2 is 2.31 bits per heavy atom. The highest BCUT2D eigenvalue weighted by atomic mass is 35.5. The molecule has 0 radical (unpaired) electrons. The number of aromatic amines is 1. The molecule has 3 rings (SSSR count). The minimum Gasteiger partial charge on any atom is -0.342 e. The van der Waals surface area contributed by atoms with Crippen LogP contribution in [0.2, 0.25) is 5.02 Å². The summed E-state index contributed by atoms with van der Waals surface area (Å²) in [6.45, 7) is 1.10. The van der Waals surface area contributed by atoms with Gasteiger partial charge in [-0.05, 0) is 31.5 Å². The molecule has 1 saturated heterocycles. The van der Waals surface area contributed by atoms with Crippen molar-refractivity contribution >= 4 is 22.6 Å². The van der Waals surface area contributed by atoms with Gasteiger partial charge in [0, 0.05) is 23.3 Å². The van der Waals surface area contributed by atoms with Crippen molar-refractivity contribution in [1.82, 2.24) is 15.3 Å². The van der Waals surface area contributed by atoms with E-state index in [4.69, 9.17) is 11.6 Å². The number of nitrogens with zero attached hydrogens (tertiary/aromatic N) is 1. The molecule has 0 spiro atoms. The van der Waals surface area contributed by atoms with Gasteiger partial charge in [0.2, 0.25) is 0 Å². The van der Waals surface area contributed by atoms with E-state index >= 15 is 0 Å². The standard InChI is InChI=1S/C12H14ClN3/c13-9-4-6-15-12-8(9)7-11(16-12)10-3-1-2-5-14-10/h4,6-7,10,14H,1-3,5H2,(H,15,16). The second-order valence-electron chi connectivity index (χ2n) is 4.28. The maximum absolute atomic E-state index is 6.13. The van der Waals surface area contributed by atoms with Crippen LogP contribution in [0.1, 0.15) is 31.0 Å². The lowest BCUT2D eigenvalue weighted by Crippen LogP contribution is -2.26. The molecule has 2 aromatic rings. The van der Waals surface area contributed by atoms with Crippen molar-refractivity contribution in [3.8, 4) is 0 Å². The Hall–Kier alpha value is -1.06. The Labute approximate surface area is 99.2 Å². The van der Waals surface area contributed by atoms with Crippen LogP contribution in [0.4, 0.5) is 0 Å². The minimum atomic E-state index is 0.430. The molecule has 1 aliphatic heterocycles. The third-order valence-corrected chi connectivity index (χ3v) is 3.51. The Morgan fingerprint density at radius 1 is 1.38 bits per heavy atom. The number of piperidine rings is 1. The van der Waals surface area contributed by atoms with Crippen LogP contribution in [0.15, 0.2) is 18.3 Å². The zero-order valence-corrected chi connectivity index (χ0v) is 9.72. The molecule has 16 heavy (non-hydrogen) atoms. The quantitative estimate of drug-likeness (QED) is 0.798. The fourth-order valence-electron chi connectivity index (χ4n) is 2.32. The molecule has 3 nitrogen and oxygen atoms in total. The van der Waals surface area contributed by atoms with Crippen molar-refractivity contribution < 1.29 is 0 Å². The summed E-state index contributed by atoms with van der Waals surface area (Å²) in [5.74, 6) is 0. The first-order chi connectivity index (χ1) is 7.84. The number of nitrogens with one attached hydrogen (secondary N) is 2.